The van der Waals surface area contributed by atoms with E-state index in [4.69, 9.17) is 4.74 Å². The van der Waals surface area contributed by atoms with Gasteiger partial charge in [0.05, 0.1) is 13.1 Å². The summed E-state index contributed by atoms with van der Waals surface area (Å²) in [6.07, 6.45) is 3.28. The molecule has 1 aliphatic rings. The molecule has 1 aliphatic heterocycles. The topological polar surface area (TPSA) is 33.9 Å². The Balaban J connectivity index is 1.36. The Labute approximate surface area is 144 Å². The van der Waals surface area contributed by atoms with Gasteiger partial charge in [0.15, 0.2) is 0 Å². The van der Waals surface area contributed by atoms with Crippen LogP contribution in [0.3, 0.4) is 0 Å². The minimum atomic E-state index is -0.397. The van der Waals surface area contributed by atoms with Crippen molar-refractivity contribution in [1.29, 1.82) is 0 Å². The van der Waals surface area contributed by atoms with Crippen molar-refractivity contribution in [2.45, 2.75) is 25.4 Å². The number of hydrogen-bond acceptors (Lipinski definition) is 2. The lowest BCUT2D eigenvalue weighted by Crippen LogP contribution is -3.14. The van der Waals surface area contributed by atoms with Crippen LogP contribution in [0.25, 0.3) is 0 Å². The molecule has 3 rings (SSSR count). The fourth-order valence-corrected chi connectivity index (χ4v) is 3.54. The molecule has 3 nitrogen and oxygen atoms in total. The molecule has 1 saturated heterocycles. The molecule has 2 aromatic carbocycles. The van der Waals surface area contributed by atoms with E-state index in [0.717, 1.165) is 31.3 Å². The van der Waals surface area contributed by atoms with Crippen molar-refractivity contribution >= 4 is 0 Å². The number of nitrogens with one attached hydrogen (secondary N) is 1. The van der Waals surface area contributed by atoms with E-state index in [1.54, 1.807) is 0 Å². The second kappa shape index (κ2) is 8.86. The number of aliphatic hydroxyl groups excluding tert-OH is 1. The third-order valence-electron chi connectivity index (χ3n) is 4.89. The number of piperidine rings is 1. The minimum Gasteiger partial charge on any atom is -0.491 e. The van der Waals surface area contributed by atoms with Crippen LogP contribution in [-0.4, -0.2) is 37.5 Å². The lowest BCUT2D eigenvalue weighted by atomic mass is 9.90. The first-order valence-electron chi connectivity index (χ1n) is 9.03. The number of likely N-dealkylation sites (tertiary alicyclic amines) is 1. The Morgan fingerprint density at radius 2 is 1.58 bits per heavy atom. The Hall–Kier alpha value is -1.84. The molecular weight excluding hydrogens is 298 g/mol. The van der Waals surface area contributed by atoms with Gasteiger partial charge in [0.25, 0.3) is 0 Å². The van der Waals surface area contributed by atoms with E-state index in [1.807, 2.05) is 30.3 Å². The predicted molar refractivity (Wildman–Crippen MR) is 96.4 cm³/mol. The van der Waals surface area contributed by atoms with Crippen LogP contribution >= 0.6 is 0 Å². The molecule has 2 aromatic rings. The number of quaternary nitrogens is 1. The molecule has 24 heavy (non-hydrogen) atoms. The van der Waals surface area contributed by atoms with Gasteiger partial charge in [0.1, 0.15) is 25.0 Å². The maximum absolute atomic E-state index is 10.2. The smallest absolute Gasteiger partial charge is 0.137 e. The van der Waals surface area contributed by atoms with Gasteiger partial charge in [-0.2, -0.15) is 0 Å². The second-order valence-electron chi connectivity index (χ2n) is 6.87. The van der Waals surface area contributed by atoms with Crippen LogP contribution in [0.15, 0.2) is 60.7 Å². The minimum absolute atomic E-state index is 0.376. The van der Waals surface area contributed by atoms with Crippen molar-refractivity contribution in [2.75, 3.05) is 26.2 Å². The van der Waals surface area contributed by atoms with Crippen LogP contribution in [0.5, 0.6) is 5.75 Å². The zero-order valence-electron chi connectivity index (χ0n) is 14.2. The van der Waals surface area contributed by atoms with Crippen LogP contribution in [0, 0.1) is 5.92 Å². The molecule has 1 fully saturated rings. The lowest BCUT2D eigenvalue weighted by Gasteiger charge is -2.30. The average molecular weight is 326 g/mol. The van der Waals surface area contributed by atoms with Crippen LogP contribution in [0.1, 0.15) is 18.4 Å². The largest absolute Gasteiger partial charge is 0.491 e. The van der Waals surface area contributed by atoms with E-state index in [-0.39, 0.29) is 0 Å². The van der Waals surface area contributed by atoms with Gasteiger partial charge in [0, 0.05) is 0 Å². The standard InChI is InChI=1S/C21H27NO2/c23-20(17-24-21-9-5-2-6-10-21)16-22-13-11-19(12-14-22)15-18-7-3-1-4-8-18/h1-10,19-20,23H,11-17H2/p+1/t20-/m1/s1. The molecule has 0 unspecified atom stereocenters. The highest BCUT2D eigenvalue weighted by atomic mass is 16.5. The van der Waals surface area contributed by atoms with E-state index < -0.39 is 6.10 Å². The number of benzene rings is 2. The Morgan fingerprint density at radius 3 is 2.25 bits per heavy atom. The van der Waals surface area contributed by atoms with Gasteiger partial charge >= 0.3 is 0 Å². The molecule has 1 atom stereocenters. The van der Waals surface area contributed by atoms with Gasteiger partial charge in [-0.15, -0.1) is 0 Å². The van der Waals surface area contributed by atoms with Crippen LogP contribution in [0.2, 0.25) is 0 Å². The van der Waals surface area contributed by atoms with E-state index in [2.05, 4.69) is 30.3 Å². The Morgan fingerprint density at radius 1 is 0.958 bits per heavy atom. The summed E-state index contributed by atoms with van der Waals surface area (Å²) in [5.41, 5.74) is 1.45. The Bertz CT molecular complexity index is 579. The molecule has 0 bridgehead atoms. The lowest BCUT2D eigenvalue weighted by molar-refractivity contribution is -0.909. The molecule has 0 spiro atoms. The number of aliphatic hydroxyl groups is 1. The molecule has 0 amide bonds. The third kappa shape index (κ3) is 5.36. The number of para-hydroxylation sites is 1. The average Bonchev–Trinajstić information content (AvgIpc) is 2.63. The molecule has 1 heterocycles. The van der Waals surface area contributed by atoms with Gasteiger partial charge in [-0.25, -0.2) is 0 Å². The first kappa shape index (κ1) is 17.0. The van der Waals surface area contributed by atoms with Crippen LogP contribution in [-0.2, 0) is 6.42 Å². The fourth-order valence-electron chi connectivity index (χ4n) is 3.54. The molecule has 128 valence electrons. The van der Waals surface area contributed by atoms with Gasteiger partial charge in [0.2, 0.25) is 0 Å². The summed E-state index contributed by atoms with van der Waals surface area (Å²) >= 11 is 0. The summed E-state index contributed by atoms with van der Waals surface area (Å²) in [5, 5.41) is 10.2. The molecule has 0 radical (unpaired) electrons. The van der Waals surface area contributed by atoms with Crippen molar-refractivity contribution in [2.24, 2.45) is 5.92 Å². The van der Waals surface area contributed by atoms with Gasteiger partial charge in [-0.1, -0.05) is 48.5 Å². The van der Waals surface area contributed by atoms with E-state index in [1.165, 1.54) is 29.7 Å². The summed E-state index contributed by atoms with van der Waals surface area (Å²) < 4.78 is 5.65. The normalized spacial score (nSPS) is 22.0. The Kier molecular flexibility index (Phi) is 6.27. The molecule has 0 aliphatic carbocycles. The SMILES string of the molecule is O[C@@H](COc1ccccc1)C[NH+]1CCC(Cc2ccccc2)CC1. The highest BCUT2D eigenvalue weighted by molar-refractivity contribution is 5.20. The molecule has 2 N–H and O–H groups in total. The van der Waals surface area contributed by atoms with Crippen LogP contribution < -0.4 is 9.64 Å². The van der Waals surface area contributed by atoms with E-state index in [0.29, 0.717) is 6.61 Å². The monoisotopic (exact) mass is 326 g/mol. The quantitative estimate of drug-likeness (QED) is 0.816. The summed E-state index contributed by atoms with van der Waals surface area (Å²) in [6.45, 7) is 3.46. The van der Waals surface area contributed by atoms with Crippen molar-refractivity contribution < 1.29 is 14.7 Å². The molecular formula is C21H28NO2+. The first-order chi connectivity index (χ1) is 11.8. The first-order valence-corrected chi connectivity index (χ1v) is 9.03. The van der Waals surface area contributed by atoms with Crippen molar-refractivity contribution in [1.82, 2.24) is 0 Å². The summed E-state index contributed by atoms with van der Waals surface area (Å²) in [5.74, 6) is 1.61. The zero-order chi connectivity index (χ0) is 16.6. The van der Waals surface area contributed by atoms with Gasteiger partial charge < -0.3 is 14.7 Å². The van der Waals surface area contributed by atoms with E-state index >= 15 is 0 Å². The highest BCUT2D eigenvalue weighted by Gasteiger charge is 2.24. The number of hydrogen-bond donors (Lipinski definition) is 2. The molecule has 0 saturated carbocycles. The second-order valence-corrected chi connectivity index (χ2v) is 6.87. The van der Waals surface area contributed by atoms with Gasteiger partial charge in [-0.05, 0) is 42.9 Å². The van der Waals surface area contributed by atoms with E-state index in [9.17, 15) is 5.11 Å². The number of ether oxygens (including phenoxy) is 1. The summed E-state index contributed by atoms with van der Waals surface area (Å²) in [4.78, 5) is 1.50. The zero-order valence-corrected chi connectivity index (χ0v) is 14.2. The maximum Gasteiger partial charge on any atom is 0.137 e. The maximum atomic E-state index is 10.2. The molecule has 0 aromatic heterocycles. The molecule has 3 heteroatoms. The van der Waals surface area contributed by atoms with Gasteiger partial charge in [-0.3, -0.25) is 0 Å². The highest BCUT2D eigenvalue weighted by Crippen LogP contribution is 2.16. The fraction of sp³-hybridized carbons (Fsp3) is 0.429. The van der Waals surface area contributed by atoms with Crippen molar-refractivity contribution in [3.8, 4) is 5.75 Å². The third-order valence-corrected chi connectivity index (χ3v) is 4.89. The van der Waals surface area contributed by atoms with Crippen LogP contribution in [0.4, 0.5) is 0 Å². The number of rotatable bonds is 7. The summed E-state index contributed by atoms with van der Waals surface area (Å²) in [6, 6.07) is 20.5. The van der Waals surface area contributed by atoms with Crippen molar-refractivity contribution in [3.63, 3.8) is 0 Å². The van der Waals surface area contributed by atoms with Crippen molar-refractivity contribution in [3.05, 3.63) is 66.2 Å². The summed E-state index contributed by atoms with van der Waals surface area (Å²) in [7, 11) is 0. The predicted octanol–water partition coefficient (Wildman–Crippen LogP) is 1.96.